The fourth-order valence-electron chi connectivity index (χ4n) is 5.02. The van der Waals surface area contributed by atoms with Crippen LogP contribution in [0.2, 0.25) is 0 Å². The fraction of sp³-hybridized carbons (Fsp3) is 0.407. The summed E-state index contributed by atoms with van der Waals surface area (Å²) in [7, 11) is 1.47. The number of aliphatic hydroxyl groups is 1. The van der Waals surface area contributed by atoms with Crippen LogP contribution in [-0.4, -0.2) is 59.4 Å². The Labute approximate surface area is 217 Å². The van der Waals surface area contributed by atoms with E-state index in [4.69, 9.17) is 4.74 Å². The van der Waals surface area contributed by atoms with Gasteiger partial charge in [0.25, 0.3) is 0 Å². The minimum Gasteiger partial charge on any atom is -0.497 e. The molecule has 2 aromatic carbocycles. The molecule has 1 aromatic heterocycles. The second kappa shape index (κ2) is 11.5. The van der Waals surface area contributed by atoms with Gasteiger partial charge in [-0.2, -0.15) is 0 Å². The van der Waals surface area contributed by atoms with Gasteiger partial charge >= 0.3 is 5.97 Å². The van der Waals surface area contributed by atoms with Crippen LogP contribution in [0, 0.1) is 28.7 Å². The number of aromatic nitrogens is 1. The molecule has 0 spiro atoms. The summed E-state index contributed by atoms with van der Waals surface area (Å²) in [6.45, 7) is 1.41. The van der Waals surface area contributed by atoms with E-state index in [9.17, 15) is 32.6 Å². The quantitative estimate of drug-likeness (QED) is 0.318. The highest BCUT2D eigenvalue weighted by Crippen LogP contribution is 2.40. The van der Waals surface area contributed by atoms with Crippen LogP contribution in [-0.2, 0) is 4.79 Å². The van der Waals surface area contributed by atoms with E-state index in [2.05, 4.69) is 10.3 Å². The number of ether oxygens (including phenoxy) is 1. The Morgan fingerprint density at radius 1 is 1.13 bits per heavy atom. The van der Waals surface area contributed by atoms with Crippen LogP contribution < -0.4 is 10.1 Å². The highest BCUT2D eigenvalue weighted by Gasteiger charge is 2.41. The summed E-state index contributed by atoms with van der Waals surface area (Å²) in [5, 5.41) is 24.0. The van der Waals surface area contributed by atoms with Crippen LogP contribution in [0.25, 0.3) is 10.9 Å². The lowest BCUT2D eigenvalue weighted by Crippen LogP contribution is -2.45. The number of methoxy groups -OCH3 is 1. The van der Waals surface area contributed by atoms with Gasteiger partial charge in [0.1, 0.15) is 23.1 Å². The molecule has 204 valence electrons. The zero-order valence-corrected chi connectivity index (χ0v) is 20.8. The van der Waals surface area contributed by atoms with Crippen LogP contribution in [0.3, 0.4) is 0 Å². The first-order valence-corrected chi connectivity index (χ1v) is 12.3. The number of rotatable bonds is 10. The molecule has 7 nitrogen and oxygen atoms in total. The number of carboxylic acids is 1. The predicted octanol–water partition coefficient (Wildman–Crippen LogP) is 4.89. The molecule has 0 radical (unpaired) electrons. The van der Waals surface area contributed by atoms with Crippen LogP contribution in [0.5, 0.6) is 5.75 Å². The van der Waals surface area contributed by atoms with Gasteiger partial charge in [-0.3, -0.25) is 9.78 Å². The van der Waals surface area contributed by atoms with Crippen molar-refractivity contribution in [2.24, 2.45) is 5.41 Å². The number of hydrogen-bond donors (Lipinski definition) is 3. The second-order valence-electron chi connectivity index (χ2n) is 9.56. The van der Waals surface area contributed by atoms with Gasteiger partial charge in [0.2, 0.25) is 0 Å². The number of hydrogen-bond acceptors (Lipinski definition) is 6. The molecule has 0 amide bonds. The SMILES string of the molecule is COc1ccc2ncc(F)c(C(O)CCC3(C(=O)O)CCN(CCNc4c(F)cc(F)cc4F)CC3)c2c1. The van der Waals surface area contributed by atoms with Crippen molar-refractivity contribution in [1.29, 1.82) is 0 Å². The van der Waals surface area contributed by atoms with E-state index in [1.165, 1.54) is 7.11 Å². The lowest BCUT2D eigenvalue weighted by molar-refractivity contribution is -0.153. The molecule has 1 aliphatic rings. The smallest absolute Gasteiger partial charge is 0.309 e. The number of halogens is 4. The predicted molar refractivity (Wildman–Crippen MR) is 133 cm³/mol. The Bertz CT molecular complexity index is 1290. The Morgan fingerprint density at radius 3 is 2.45 bits per heavy atom. The molecule has 1 unspecified atom stereocenters. The van der Waals surface area contributed by atoms with Gasteiger partial charge in [0, 0.05) is 36.2 Å². The maximum absolute atomic E-state index is 14.7. The van der Waals surface area contributed by atoms with Crippen molar-refractivity contribution in [3.8, 4) is 5.75 Å². The number of piperidine rings is 1. The fourth-order valence-corrected chi connectivity index (χ4v) is 5.02. The molecule has 1 atom stereocenters. The van der Waals surface area contributed by atoms with Gasteiger partial charge in [0.15, 0.2) is 11.6 Å². The maximum atomic E-state index is 14.7. The van der Waals surface area contributed by atoms with Gasteiger partial charge in [-0.05, 0) is 57.0 Å². The normalized spacial score (nSPS) is 16.4. The van der Waals surface area contributed by atoms with Gasteiger partial charge < -0.3 is 25.2 Å². The monoisotopic (exact) mass is 535 g/mol. The van der Waals surface area contributed by atoms with E-state index in [0.29, 0.717) is 61.3 Å². The number of nitrogens with one attached hydrogen (secondary N) is 1. The first kappa shape index (κ1) is 27.6. The van der Waals surface area contributed by atoms with Crippen molar-refractivity contribution in [2.75, 3.05) is 38.6 Å². The van der Waals surface area contributed by atoms with Crippen molar-refractivity contribution in [3.05, 3.63) is 65.4 Å². The van der Waals surface area contributed by atoms with E-state index in [0.717, 1.165) is 6.20 Å². The number of aliphatic carboxylic acids is 1. The Hall–Kier alpha value is -3.44. The zero-order valence-electron chi connectivity index (χ0n) is 20.8. The topological polar surface area (TPSA) is 94.9 Å². The standard InChI is InChI=1S/C27H29F4N3O4/c1-38-17-2-3-22-18(14-17)24(21(31)15-33-22)23(35)4-5-27(26(36)37)6-9-34(10-7-27)11-8-32-25-19(29)12-16(28)13-20(25)30/h2-3,12-15,23,32,35H,4-11H2,1H3,(H,36,37). The lowest BCUT2D eigenvalue weighted by atomic mass is 9.74. The van der Waals surface area contributed by atoms with E-state index >= 15 is 0 Å². The first-order chi connectivity index (χ1) is 18.1. The van der Waals surface area contributed by atoms with Gasteiger partial charge in [-0.15, -0.1) is 0 Å². The lowest BCUT2D eigenvalue weighted by Gasteiger charge is -2.39. The van der Waals surface area contributed by atoms with E-state index in [-0.39, 0.29) is 24.9 Å². The molecule has 0 bridgehead atoms. The van der Waals surface area contributed by atoms with E-state index < -0.39 is 46.4 Å². The summed E-state index contributed by atoms with van der Waals surface area (Å²) in [6, 6.07) is 6.12. The summed E-state index contributed by atoms with van der Waals surface area (Å²) < 4.78 is 60.6. The Balaban J connectivity index is 1.37. The number of benzene rings is 2. The van der Waals surface area contributed by atoms with Crippen molar-refractivity contribution in [3.63, 3.8) is 0 Å². The van der Waals surface area contributed by atoms with Gasteiger partial charge in [-0.1, -0.05) is 0 Å². The number of pyridine rings is 1. The number of carbonyl (C=O) groups is 1. The zero-order chi connectivity index (χ0) is 27.4. The number of anilines is 1. The van der Waals surface area contributed by atoms with Crippen molar-refractivity contribution in [1.82, 2.24) is 9.88 Å². The molecule has 0 aliphatic carbocycles. The first-order valence-electron chi connectivity index (χ1n) is 12.3. The van der Waals surface area contributed by atoms with E-state index in [1.54, 1.807) is 18.2 Å². The molecule has 1 fully saturated rings. The molecule has 0 saturated carbocycles. The number of fused-ring (bicyclic) bond motifs is 1. The molecule has 4 rings (SSSR count). The number of likely N-dealkylation sites (tertiary alicyclic amines) is 1. The highest BCUT2D eigenvalue weighted by molar-refractivity contribution is 5.84. The minimum absolute atomic E-state index is 0.0320. The van der Waals surface area contributed by atoms with Crippen LogP contribution in [0.1, 0.15) is 37.4 Å². The third kappa shape index (κ3) is 5.83. The van der Waals surface area contributed by atoms with E-state index in [1.807, 2.05) is 4.90 Å². The Kier molecular flexibility index (Phi) is 8.37. The summed E-state index contributed by atoms with van der Waals surface area (Å²) >= 11 is 0. The van der Waals surface area contributed by atoms with Crippen molar-refractivity contribution < 1.29 is 37.3 Å². The molecule has 2 heterocycles. The number of nitrogens with zero attached hydrogens (tertiary/aromatic N) is 2. The van der Waals surface area contributed by atoms with Crippen molar-refractivity contribution >= 4 is 22.6 Å². The number of carboxylic acid groups (broad SMARTS) is 1. The summed E-state index contributed by atoms with van der Waals surface area (Å²) in [6.07, 6.45) is 0.547. The maximum Gasteiger partial charge on any atom is 0.309 e. The minimum atomic E-state index is -1.24. The number of aliphatic hydroxyl groups excluding tert-OH is 1. The summed E-state index contributed by atoms with van der Waals surface area (Å²) in [5.41, 5.74) is -0.975. The molecule has 1 aliphatic heterocycles. The van der Waals surface area contributed by atoms with Gasteiger partial charge in [-0.25, -0.2) is 17.6 Å². The van der Waals surface area contributed by atoms with Crippen LogP contribution >= 0.6 is 0 Å². The Morgan fingerprint density at radius 2 is 1.82 bits per heavy atom. The molecule has 38 heavy (non-hydrogen) atoms. The summed E-state index contributed by atoms with van der Waals surface area (Å²) in [4.78, 5) is 18.3. The molecule has 1 saturated heterocycles. The molecule has 11 heteroatoms. The molecule has 3 aromatic rings. The van der Waals surface area contributed by atoms with Gasteiger partial charge in [0.05, 0.1) is 30.3 Å². The van der Waals surface area contributed by atoms with Crippen LogP contribution in [0.4, 0.5) is 23.2 Å². The third-order valence-electron chi connectivity index (χ3n) is 7.30. The largest absolute Gasteiger partial charge is 0.497 e. The van der Waals surface area contributed by atoms with Crippen molar-refractivity contribution in [2.45, 2.75) is 31.8 Å². The molecular weight excluding hydrogens is 506 g/mol. The average Bonchev–Trinajstić information content (AvgIpc) is 2.89. The van der Waals surface area contributed by atoms with Crippen LogP contribution in [0.15, 0.2) is 36.5 Å². The summed E-state index contributed by atoms with van der Waals surface area (Å²) in [5.74, 6) is -4.25. The molecular formula is C27H29F4N3O4. The highest BCUT2D eigenvalue weighted by atomic mass is 19.1. The second-order valence-corrected chi connectivity index (χ2v) is 9.56. The molecule has 3 N–H and O–H groups in total. The average molecular weight is 536 g/mol. The third-order valence-corrected chi connectivity index (χ3v) is 7.30.